The Hall–Kier alpha value is -0.541. The van der Waals surface area contributed by atoms with E-state index in [1.54, 1.807) is 0 Å². The average Bonchev–Trinajstić information content (AvgIpc) is 2.67. The van der Waals surface area contributed by atoms with E-state index in [2.05, 4.69) is 19.5 Å². The van der Waals surface area contributed by atoms with E-state index < -0.39 is 0 Å². The minimum atomic E-state index is 0. The molecule has 1 radical (unpaired) electrons. The first-order chi connectivity index (χ1) is 5.00. The van der Waals surface area contributed by atoms with E-state index in [1.807, 2.05) is 0 Å². The standard InChI is InChI=1S/2C3H5NO.Cu/c2*1-2-5-3-4-1;/h2*3H,1-2H2;/q;;+2. The maximum absolute atomic E-state index is 4.65. The van der Waals surface area contributed by atoms with E-state index in [1.165, 1.54) is 12.8 Å². The summed E-state index contributed by atoms with van der Waals surface area (Å²) >= 11 is 0. The quantitative estimate of drug-likeness (QED) is 0.526. The van der Waals surface area contributed by atoms with Crippen LogP contribution in [0.3, 0.4) is 0 Å². The van der Waals surface area contributed by atoms with E-state index in [0.29, 0.717) is 0 Å². The Morgan fingerprint density at radius 1 is 0.909 bits per heavy atom. The topological polar surface area (TPSA) is 43.2 Å². The molecule has 0 saturated heterocycles. The smallest absolute Gasteiger partial charge is 0.482 e. The van der Waals surface area contributed by atoms with E-state index in [9.17, 15) is 0 Å². The molecule has 0 unspecified atom stereocenters. The minimum Gasteiger partial charge on any atom is -0.482 e. The maximum atomic E-state index is 4.65. The Morgan fingerprint density at radius 3 is 1.45 bits per heavy atom. The van der Waals surface area contributed by atoms with Gasteiger partial charge < -0.3 is 9.47 Å². The zero-order valence-electron chi connectivity index (χ0n) is 6.00. The number of ether oxygens (including phenoxy) is 2. The third kappa shape index (κ3) is 5.88. The second-order valence-electron chi connectivity index (χ2n) is 1.76. The van der Waals surface area contributed by atoms with Crippen molar-refractivity contribution >= 4 is 12.8 Å². The fourth-order valence-corrected chi connectivity index (χ4v) is 0.527. The minimum absolute atomic E-state index is 0. The summed E-state index contributed by atoms with van der Waals surface area (Å²) in [5.41, 5.74) is 0. The van der Waals surface area contributed by atoms with Crippen LogP contribution in [0, 0.1) is 0 Å². The van der Waals surface area contributed by atoms with Gasteiger partial charge in [0.05, 0.1) is 13.1 Å². The molecule has 0 spiro atoms. The Morgan fingerprint density at radius 2 is 1.36 bits per heavy atom. The van der Waals surface area contributed by atoms with E-state index in [-0.39, 0.29) is 17.1 Å². The van der Waals surface area contributed by atoms with Crippen LogP contribution in [0.1, 0.15) is 0 Å². The summed E-state index contributed by atoms with van der Waals surface area (Å²) in [5.74, 6) is 0. The Bertz CT molecular complexity index is 111. The molecule has 0 bridgehead atoms. The van der Waals surface area contributed by atoms with Gasteiger partial charge in [-0.2, -0.15) is 0 Å². The van der Waals surface area contributed by atoms with E-state index in [4.69, 9.17) is 0 Å². The number of hydrogen-bond donors (Lipinski definition) is 0. The van der Waals surface area contributed by atoms with Gasteiger partial charge in [-0.15, -0.1) is 0 Å². The SMILES string of the molecule is C1=NCCO1.C1=NCCO1.[Cu+2]. The summed E-state index contributed by atoms with van der Waals surface area (Å²) in [5, 5.41) is 0. The number of rotatable bonds is 0. The molecular formula is C6H10CuN2O2+2. The van der Waals surface area contributed by atoms with Crippen LogP contribution in [0.15, 0.2) is 9.98 Å². The van der Waals surface area contributed by atoms with Crippen molar-refractivity contribution in [2.75, 3.05) is 26.3 Å². The number of nitrogens with zero attached hydrogens (tertiary/aromatic N) is 2. The zero-order chi connectivity index (χ0) is 7.07. The Labute approximate surface area is 76.2 Å². The van der Waals surface area contributed by atoms with Crippen molar-refractivity contribution < 1.29 is 26.5 Å². The molecule has 0 aromatic carbocycles. The van der Waals surface area contributed by atoms with Gasteiger partial charge in [0.1, 0.15) is 13.2 Å². The van der Waals surface area contributed by atoms with Crippen molar-refractivity contribution in [3.05, 3.63) is 0 Å². The molecule has 65 valence electrons. The summed E-state index contributed by atoms with van der Waals surface area (Å²) in [6.45, 7) is 3.25. The van der Waals surface area contributed by atoms with Crippen molar-refractivity contribution in [2.45, 2.75) is 0 Å². The molecule has 2 heterocycles. The normalized spacial score (nSPS) is 17.5. The third-order valence-corrected chi connectivity index (χ3v) is 0.975. The molecule has 0 atom stereocenters. The molecule has 2 aliphatic heterocycles. The first-order valence-corrected chi connectivity index (χ1v) is 3.20. The van der Waals surface area contributed by atoms with Gasteiger partial charge in [0, 0.05) is 0 Å². The molecular weight excluding hydrogens is 196 g/mol. The van der Waals surface area contributed by atoms with Crippen LogP contribution in [-0.2, 0) is 26.5 Å². The number of hydrogen-bond acceptors (Lipinski definition) is 4. The van der Waals surface area contributed by atoms with Crippen LogP contribution in [0.5, 0.6) is 0 Å². The molecule has 5 heteroatoms. The van der Waals surface area contributed by atoms with Gasteiger partial charge >= 0.3 is 17.1 Å². The fraction of sp³-hybridized carbons (Fsp3) is 0.667. The van der Waals surface area contributed by atoms with Crippen LogP contribution in [-0.4, -0.2) is 39.1 Å². The Balaban J connectivity index is 0.000000167. The molecule has 0 N–H and O–H groups in total. The first kappa shape index (κ1) is 10.5. The number of aliphatic imine (C=N–C) groups is 2. The van der Waals surface area contributed by atoms with Gasteiger partial charge in [0.25, 0.3) is 0 Å². The molecule has 0 amide bonds. The molecule has 2 rings (SSSR count). The predicted octanol–water partition coefficient (Wildman–Crippen LogP) is 0.0873. The summed E-state index contributed by atoms with van der Waals surface area (Å²) in [6, 6.07) is 0. The molecule has 2 aliphatic rings. The largest absolute Gasteiger partial charge is 2.00 e. The monoisotopic (exact) mass is 205 g/mol. The molecule has 0 aromatic rings. The molecule has 0 saturated carbocycles. The van der Waals surface area contributed by atoms with E-state index >= 15 is 0 Å². The van der Waals surface area contributed by atoms with Gasteiger partial charge in [-0.25, -0.2) is 0 Å². The van der Waals surface area contributed by atoms with Crippen LogP contribution in [0.2, 0.25) is 0 Å². The van der Waals surface area contributed by atoms with Gasteiger partial charge in [0.2, 0.25) is 0 Å². The molecule has 0 aromatic heterocycles. The average molecular weight is 206 g/mol. The second-order valence-corrected chi connectivity index (χ2v) is 1.76. The maximum Gasteiger partial charge on any atom is 2.00 e. The van der Waals surface area contributed by atoms with Crippen LogP contribution in [0.25, 0.3) is 0 Å². The van der Waals surface area contributed by atoms with Crippen LogP contribution < -0.4 is 0 Å². The van der Waals surface area contributed by atoms with Crippen LogP contribution >= 0.6 is 0 Å². The predicted molar refractivity (Wildman–Crippen MR) is 38.6 cm³/mol. The van der Waals surface area contributed by atoms with Gasteiger partial charge in [0.15, 0.2) is 12.8 Å². The summed E-state index contributed by atoms with van der Waals surface area (Å²) in [7, 11) is 0. The Kier molecular flexibility index (Phi) is 7.19. The molecule has 0 aliphatic carbocycles. The molecule has 4 nitrogen and oxygen atoms in total. The van der Waals surface area contributed by atoms with Crippen LogP contribution in [0.4, 0.5) is 0 Å². The summed E-state index contributed by atoms with van der Waals surface area (Å²) in [4.78, 5) is 7.47. The summed E-state index contributed by atoms with van der Waals surface area (Å²) < 4.78 is 9.31. The van der Waals surface area contributed by atoms with Crippen molar-refractivity contribution in [1.82, 2.24) is 0 Å². The van der Waals surface area contributed by atoms with Crippen molar-refractivity contribution in [1.29, 1.82) is 0 Å². The van der Waals surface area contributed by atoms with Gasteiger partial charge in [-0.05, 0) is 0 Å². The van der Waals surface area contributed by atoms with Crippen molar-refractivity contribution in [2.24, 2.45) is 9.98 Å². The molecule has 11 heavy (non-hydrogen) atoms. The van der Waals surface area contributed by atoms with Crippen molar-refractivity contribution in [3.8, 4) is 0 Å². The fourth-order valence-electron chi connectivity index (χ4n) is 0.527. The second kappa shape index (κ2) is 7.57. The zero-order valence-corrected chi connectivity index (χ0v) is 6.94. The van der Waals surface area contributed by atoms with Gasteiger partial charge in [-0.1, -0.05) is 0 Å². The van der Waals surface area contributed by atoms with E-state index in [0.717, 1.165) is 26.3 Å². The molecule has 0 fully saturated rings. The first-order valence-electron chi connectivity index (χ1n) is 3.20. The van der Waals surface area contributed by atoms with Gasteiger partial charge in [-0.3, -0.25) is 9.98 Å². The van der Waals surface area contributed by atoms with Crippen molar-refractivity contribution in [3.63, 3.8) is 0 Å². The third-order valence-electron chi connectivity index (χ3n) is 0.975. The summed E-state index contributed by atoms with van der Waals surface area (Å²) in [6.07, 6.45) is 2.97.